The van der Waals surface area contributed by atoms with E-state index in [0.29, 0.717) is 5.92 Å². The third kappa shape index (κ3) is 7.37. The van der Waals surface area contributed by atoms with Crippen LogP contribution >= 0.6 is 0 Å². The first-order chi connectivity index (χ1) is 6.57. The predicted octanol–water partition coefficient (Wildman–Crippen LogP) is 4.00. The Morgan fingerprint density at radius 1 is 0.929 bits per heavy atom. The molecule has 1 N–H and O–H groups in total. The van der Waals surface area contributed by atoms with E-state index in [1.54, 1.807) is 0 Å². The van der Waals surface area contributed by atoms with E-state index in [9.17, 15) is 5.11 Å². The topological polar surface area (TPSA) is 20.2 Å². The molecule has 0 saturated carbocycles. The molecule has 1 heteroatoms. The maximum absolute atomic E-state index is 9.33. The maximum Gasteiger partial charge on any atom is 0.0537 e. The summed E-state index contributed by atoms with van der Waals surface area (Å²) in [6, 6.07) is 0. The molecule has 86 valence electrons. The molecule has 0 amide bonds. The molecule has 3 atom stereocenters. The zero-order valence-corrected chi connectivity index (χ0v) is 10.4. The lowest BCUT2D eigenvalue weighted by Gasteiger charge is -2.16. The number of rotatable bonds is 8. The van der Waals surface area contributed by atoms with Crippen LogP contribution in [0.15, 0.2) is 0 Å². The fourth-order valence-electron chi connectivity index (χ4n) is 1.73. The second-order valence-electron chi connectivity index (χ2n) is 4.90. The van der Waals surface area contributed by atoms with Crippen LogP contribution in [-0.2, 0) is 0 Å². The fraction of sp³-hybridized carbons (Fsp3) is 1.00. The Bertz CT molecular complexity index is 120. The first kappa shape index (κ1) is 14.0. The van der Waals surface area contributed by atoms with Crippen LogP contribution in [0.2, 0.25) is 0 Å². The molecule has 0 aliphatic rings. The summed E-state index contributed by atoms with van der Waals surface area (Å²) in [5.74, 6) is 1.34. The highest BCUT2D eigenvalue weighted by Gasteiger charge is 2.09. The van der Waals surface area contributed by atoms with Crippen molar-refractivity contribution in [3.8, 4) is 0 Å². The van der Waals surface area contributed by atoms with Gasteiger partial charge < -0.3 is 5.11 Å². The van der Waals surface area contributed by atoms with E-state index >= 15 is 0 Å². The summed E-state index contributed by atoms with van der Waals surface area (Å²) in [6.45, 7) is 8.64. The van der Waals surface area contributed by atoms with Gasteiger partial charge in [0.1, 0.15) is 0 Å². The Labute approximate surface area is 89.9 Å². The average Bonchev–Trinajstić information content (AvgIpc) is 2.14. The predicted molar refractivity (Wildman–Crippen MR) is 63.4 cm³/mol. The highest BCUT2D eigenvalue weighted by atomic mass is 16.3. The number of hydrogen-bond donors (Lipinski definition) is 1. The van der Waals surface area contributed by atoms with E-state index in [2.05, 4.69) is 20.8 Å². The van der Waals surface area contributed by atoms with Crippen molar-refractivity contribution in [2.75, 3.05) is 0 Å². The van der Waals surface area contributed by atoms with E-state index in [0.717, 1.165) is 5.92 Å². The summed E-state index contributed by atoms with van der Waals surface area (Å²) in [5, 5.41) is 9.33. The van der Waals surface area contributed by atoms with Crippen molar-refractivity contribution in [1.82, 2.24) is 0 Å². The van der Waals surface area contributed by atoms with Crippen LogP contribution in [0.3, 0.4) is 0 Å². The van der Waals surface area contributed by atoms with Crippen LogP contribution in [0.5, 0.6) is 0 Å². The molecule has 0 spiro atoms. The molecular formula is C13H28O. The molecule has 0 aromatic heterocycles. The second kappa shape index (κ2) is 8.28. The molecular weight excluding hydrogens is 172 g/mol. The van der Waals surface area contributed by atoms with Crippen molar-refractivity contribution < 1.29 is 5.11 Å². The summed E-state index contributed by atoms with van der Waals surface area (Å²) in [7, 11) is 0. The van der Waals surface area contributed by atoms with Crippen molar-refractivity contribution >= 4 is 0 Å². The zero-order valence-electron chi connectivity index (χ0n) is 10.4. The summed E-state index contributed by atoms with van der Waals surface area (Å²) in [6.07, 6.45) is 7.70. The van der Waals surface area contributed by atoms with Crippen molar-refractivity contribution in [3.63, 3.8) is 0 Å². The van der Waals surface area contributed by atoms with Crippen LogP contribution in [0.25, 0.3) is 0 Å². The third-order valence-electron chi connectivity index (χ3n) is 3.23. The average molecular weight is 200 g/mol. The van der Waals surface area contributed by atoms with Gasteiger partial charge in [0, 0.05) is 0 Å². The highest BCUT2D eigenvalue weighted by Crippen LogP contribution is 2.18. The van der Waals surface area contributed by atoms with Crippen LogP contribution in [0.4, 0.5) is 0 Å². The summed E-state index contributed by atoms with van der Waals surface area (Å²) < 4.78 is 0. The maximum atomic E-state index is 9.33. The molecule has 0 radical (unpaired) electrons. The molecule has 0 aliphatic carbocycles. The summed E-state index contributed by atoms with van der Waals surface area (Å²) >= 11 is 0. The van der Waals surface area contributed by atoms with E-state index < -0.39 is 0 Å². The molecule has 0 unspecified atom stereocenters. The number of aliphatic hydroxyl groups excluding tert-OH is 1. The Hall–Kier alpha value is -0.0400. The van der Waals surface area contributed by atoms with Crippen molar-refractivity contribution in [3.05, 3.63) is 0 Å². The van der Waals surface area contributed by atoms with Gasteiger partial charge in [-0.1, -0.05) is 52.9 Å². The Balaban J connectivity index is 3.34. The molecule has 0 bridgehead atoms. The minimum Gasteiger partial charge on any atom is -0.393 e. The molecule has 0 aromatic carbocycles. The van der Waals surface area contributed by atoms with Gasteiger partial charge in [-0.3, -0.25) is 0 Å². The van der Waals surface area contributed by atoms with E-state index in [1.807, 2.05) is 6.92 Å². The van der Waals surface area contributed by atoms with Gasteiger partial charge in [-0.25, -0.2) is 0 Å². The van der Waals surface area contributed by atoms with Gasteiger partial charge in [0.05, 0.1) is 6.10 Å². The van der Waals surface area contributed by atoms with Gasteiger partial charge in [-0.15, -0.1) is 0 Å². The van der Waals surface area contributed by atoms with Gasteiger partial charge in [0.25, 0.3) is 0 Å². The summed E-state index contributed by atoms with van der Waals surface area (Å²) in [5.41, 5.74) is 0. The first-order valence-electron chi connectivity index (χ1n) is 6.26. The molecule has 0 aromatic rings. The molecule has 0 aliphatic heterocycles. The van der Waals surface area contributed by atoms with Crippen LogP contribution in [-0.4, -0.2) is 11.2 Å². The third-order valence-corrected chi connectivity index (χ3v) is 3.23. The minimum absolute atomic E-state index is 0.138. The van der Waals surface area contributed by atoms with Crippen LogP contribution in [0.1, 0.15) is 66.2 Å². The standard InChI is InChI=1S/C13H28O/c1-5-6-8-11(2)9-7-10-12(3)13(4)14/h11-14H,5-10H2,1-4H3/t11-,12-,13+/m1/s1. The second-order valence-corrected chi connectivity index (χ2v) is 4.90. The van der Waals surface area contributed by atoms with Crippen LogP contribution < -0.4 is 0 Å². The number of unbranched alkanes of at least 4 members (excludes halogenated alkanes) is 1. The molecule has 0 fully saturated rings. The quantitative estimate of drug-likeness (QED) is 0.628. The lowest BCUT2D eigenvalue weighted by molar-refractivity contribution is 0.127. The Morgan fingerprint density at radius 2 is 1.50 bits per heavy atom. The van der Waals surface area contributed by atoms with Gasteiger partial charge in [-0.2, -0.15) is 0 Å². The normalized spacial score (nSPS) is 17.8. The lowest BCUT2D eigenvalue weighted by Crippen LogP contribution is -2.13. The monoisotopic (exact) mass is 200 g/mol. The van der Waals surface area contributed by atoms with E-state index in [-0.39, 0.29) is 6.10 Å². The van der Waals surface area contributed by atoms with Gasteiger partial charge in [0.15, 0.2) is 0 Å². The van der Waals surface area contributed by atoms with Crippen molar-refractivity contribution in [2.45, 2.75) is 72.3 Å². The molecule has 0 rings (SSSR count). The number of hydrogen-bond acceptors (Lipinski definition) is 1. The van der Waals surface area contributed by atoms with E-state index in [1.165, 1.54) is 38.5 Å². The summed E-state index contributed by atoms with van der Waals surface area (Å²) in [4.78, 5) is 0. The van der Waals surface area contributed by atoms with Crippen molar-refractivity contribution in [1.29, 1.82) is 0 Å². The SMILES string of the molecule is CCCC[C@@H](C)CCC[C@@H](C)[C@H](C)O. The first-order valence-corrected chi connectivity index (χ1v) is 6.26. The Morgan fingerprint density at radius 3 is 2.00 bits per heavy atom. The van der Waals surface area contributed by atoms with Crippen molar-refractivity contribution in [2.24, 2.45) is 11.8 Å². The highest BCUT2D eigenvalue weighted by molar-refractivity contribution is 4.61. The minimum atomic E-state index is -0.138. The molecule has 14 heavy (non-hydrogen) atoms. The molecule has 0 saturated heterocycles. The fourth-order valence-corrected chi connectivity index (χ4v) is 1.73. The van der Waals surface area contributed by atoms with Gasteiger partial charge in [-0.05, 0) is 25.2 Å². The van der Waals surface area contributed by atoms with Gasteiger partial charge >= 0.3 is 0 Å². The smallest absolute Gasteiger partial charge is 0.0537 e. The largest absolute Gasteiger partial charge is 0.393 e. The zero-order chi connectivity index (χ0) is 11.0. The van der Waals surface area contributed by atoms with Crippen LogP contribution in [0, 0.1) is 11.8 Å². The molecule has 0 heterocycles. The molecule has 1 nitrogen and oxygen atoms in total. The Kier molecular flexibility index (Phi) is 8.26. The lowest BCUT2D eigenvalue weighted by atomic mass is 9.93. The van der Waals surface area contributed by atoms with Gasteiger partial charge in [0.2, 0.25) is 0 Å². The van der Waals surface area contributed by atoms with E-state index in [4.69, 9.17) is 0 Å². The number of aliphatic hydroxyl groups is 1.